The van der Waals surface area contributed by atoms with Crippen LogP contribution < -0.4 is 0 Å². The van der Waals surface area contributed by atoms with Crippen LogP contribution in [0.4, 0.5) is 0 Å². The van der Waals surface area contributed by atoms with Crippen LogP contribution in [-0.2, 0) is 30.4 Å². The summed E-state index contributed by atoms with van der Waals surface area (Å²) in [5.41, 5.74) is 4.98. The molecule has 5 heteroatoms. The Morgan fingerprint density at radius 2 is 0.885 bits per heavy atom. The Labute approximate surface area is 149 Å². The SMILES string of the molecule is O=C1CC(=O)c2c3ccc(c21)CCc1ccc(c2c1C(=O)OC2=O)CC3. The molecule has 0 atom stereocenters. The van der Waals surface area contributed by atoms with Crippen LogP contribution in [0.15, 0.2) is 24.3 Å². The van der Waals surface area contributed by atoms with E-state index in [0.717, 1.165) is 22.3 Å². The Kier molecular flexibility index (Phi) is 3.04. The van der Waals surface area contributed by atoms with Crippen molar-refractivity contribution in [3.05, 3.63) is 68.8 Å². The summed E-state index contributed by atoms with van der Waals surface area (Å²) >= 11 is 0. The van der Waals surface area contributed by atoms with Gasteiger partial charge in [0.2, 0.25) is 0 Å². The Balaban J connectivity index is 1.71. The van der Waals surface area contributed by atoms with Crippen molar-refractivity contribution in [3.8, 4) is 0 Å². The number of benzene rings is 2. The molecule has 2 aromatic rings. The van der Waals surface area contributed by atoms with Crippen molar-refractivity contribution in [3.63, 3.8) is 0 Å². The molecule has 0 fully saturated rings. The zero-order valence-electron chi connectivity index (χ0n) is 13.9. The van der Waals surface area contributed by atoms with Gasteiger partial charge in [-0.2, -0.15) is 0 Å². The Bertz CT molecular complexity index is 893. The van der Waals surface area contributed by atoms with Crippen LogP contribution in [0.3, 0.4) is 0 Å². The van der Waals surface area contributed by atoms with Crippen LogP contribution in [0.5, 0.6) is 0 Å². The molecule has 6 rings (SSSR count). The predicted molar refractivity (Wildman–Crippen MR) is 90.7 cm³/mol. The lowest BCUT2D eigenvalue weighted by molar-refractivity contribution is 0.0442. The van der Waals surface area contributed by atoms with Gasteiger partial charge in [0, 0.05) is 11.1 Å². The maximum atomic E-state index is 12.4. The largest absolute Gasteiger partial charge is 0.386 e. The molecule has 0 saturated carbocycles. The fraction of sp³-hybridized carbons (Fsp3) is 0.238. The Morgan fingerprint density at radius 1 is 0.538 bits per heavy atom. The molecule has 4 bridgehead atoms. The number of ether oxygens (including phenoxy) is 1. The molecule has 0 N–H and O–H groups in total. The molecule has 26 heavy (non-hydrogen) atoms. The minimum atomic E-state index is -0.593. The molecule has 0 spiro atoms. The fourth-order valence-corrected chi connectivity index (χ4v) is 4.36. The lowest BCUT2D eigenvalue weighted by atomic mass is 9.86. The van der Waals surface area contributed by atoms with E-state index in [1.54, 1.807) is 0 Å². The molecule has 0 saturated heterocycles. The lowest BCUT2D eigenvalue weighted by Gasteiger charge is -2.16. The summed E-state index contributed by atoms with van der Waals surface area (Å²) in [5.74, 6) is -1.42. The van der Waals surface area contributed by atoms with Crippen molar-refractivity contribution in [2.75, 3.05) is 0 Å². The molecule has 5 nitrogen and oxygen atoms in total. The lowest BCUT2D eigenvalue weighted by Crippen LogP contribution is -2.10. The minimum absolute atomic E-state index is 0.0652. The normalized spacial score (nSPS) is 17.8. The van der Waals surface area contributed by atoms with Gasteiger partial charge in [0.15, 0.2) is 11.6 Å². The highest BCUT2D eigenvalue weighted by Crippen LogP contribution is 2.34. The smallest absolute Gasteiger partial charge is 0.347 e. The van der Waals surface area contributed by atoms with Gasteiger partial charge in [-0.15, -0.1) is 0 Å². The van der Waals surface area contributed by atoms with E-state index in [1.807, 2.05) is 24.3 Å². The first-order valence-electron chi connectivity index (χ1n) is 8.67. The number of ketones is 2. The standard InChI is InChI=1S/C21H14O5/c22-14-9-15(23)17-11-2-1-10(16(14)17)3-5-12-7-8-13(6-4-11)19-18(12)20(24)26-21(19)25/h1-2,7-8H,3-6,9H2. The summed E-state index contributed by atoms with van der Waals surface area (Å²) in [7, 11) is 0. The van der Waals surface area contributed by atoms with Crippen molar-refractivity contribution in [2.45, 2.75) is 32.1 Å². The Morgan fingerprint density at radius 3 is 1.27 bits per heavy atom. The molecule has 4 aliphatic rings. The van der Waals surface area contributed by atoms with Gasteiger partial charge in [-0.05, 0) is 47.9 Å². The van der Waals surface area contributed by atoms with E-state index >= 15 is 0 Å². The number of esters is 2. The fourth-order valence-electron chi connectivity index (χ4n) is 4.36. The highest BCUT2D eigenvalue weighted by Gasteiger charge is 2.36. The summed E-state index contributed by atoms with van der Waals surface area (Å²) in [6.45, 7) is 0. The Hall–Kier alpha value is -3.08. The molecule has 2 aromatic carbocycles. The maximum absolute atomic E-state index is 12.4. The summed E-state index contributed by atoms with van der Waals surface area (Å²) in [6, 6.07) is 7.58. The number of hydrogen-bond acceptors (Lipinski definition) is 5. The number of carbonyl (C=O) groups is 4. The van der Waals surface area contributed by atoms with E-state index in [4.69, 9.17) is 4.74 Å². The third-order valence-electron chi connectivity index (χ3n) is 5.56. The molecule has 1 heterocycles. The van der Waals surface area contributed by atoms with E-state index in [0.29, 0.717) is 47.9 Å². The molecule has 0 aromatic heterocycles. The molecular weight excluding hydrogens is 332 g/mol. The molecular formula is C21H14O5. The van der Waals surface area contributed by atoms with Crippen molar-refractivity contribution >= 4 is 23.5 Å². The van der Waals surface area contributed by atoms with E-state index in [9.17, 15) is 19.2 Å². The highest BCUT2D eigenvalue weighted by atomic mass is 16.6. The zero-order valence-corrected chi connectivity index (χ0v) is 13.9. The van der Waals surface area contributed by atoms with Crippen LogP contribution in [0, 0.1) is 0 Å². The van der Waals surface area contributed by atoms with Gasteiger partial charge in [-0.25, -0.2) is 9.59 Å². The highest BCUT2D eigenvalue weighted by molar-refractivity contribution is 6.25. The first kappa shape index (κ1) is 15.2. The second kappa shape index (κ2) is 5.21. The van der Waals surface area contributed by atoms with Gasteiger partial charge in [0.05, 0.1) is 17.5 Å². The van der Waals surface area contributed by atoms with Crippen molar-refractivity contribution < 1.29 is 23.9 Å². The second-order valence-corrected chi connectivity index (χ2v) is 6.97. The summed E-state index contributed by atoms with van der Waals surface area (Å²) < 4.78 is 4.84. The first-order chi connectivity index (χ1) is 12.5. The molecule has 1 aliphatic heterocycles. The summed E-state index contributed by atoms with van der Waals surface area (Å²) in [5, 5.41) is 0. The monoisotopic (exact) mass is 346 g/mol. The third kappa shape index (κ3) is 1.97. The van der Waals surface area contributed by atoms with Crippen molar-refractivity contribution in [1.82, 2.24) is 0 Å². The average Bonchev–Trinajstić information content (AvgIpc) is 3.07. The average molecular weight is 346 g/mol. The van der Waals surface area contributed by atoms with Crippen LogP contribution in [0.25, 0.3) is 0 Å². The number of hydrogen-bond donors (Lipinski definition) is 0. The van der Waals surface area contributed by atoms with Crippen LogP contribution in [0.2, 0.25) is 0 Å². The van der Waals surface area contributed by atoms with E-state index in [-0.39, 0.29) is 18.0 Å². The van der Waals surface area contributed by atoms with Gasteiger partial charge < -0.3 is 4.74 Å². The minimum Gasteiger partial charge on any atom is -0.386 e. The van der Waals surface area contributed by atoms with Crippen molar-refractivity contribution in [2.24, 2.45) is 0 Å². The molecule has 0 radical (unpaired) electrons. The van der Waals surface area contributed by atoms with Crippen LogP contribution in [-0.4, -0.2) is 23.5 Å². The van der Waals surface area contributed by atoms with Gasteiger partial charge in [0.1, 0.15) is 0 Å². The van der Waals surface area contributed by atoms with Crippen LogP contribution >= 0.6 is 0 Å². The molecule has 3 aliphatic carbocycles. The number of rotatable bonds is 0. The third-order valence-corrected chi connectivity index (χ3v) is 5.56. The number of cyclic esters (lactones) is 2. The number of carbonyl (C=O) groups excluding carboxylic acids is 4. The zero-order chi connectivity index (χ0) is 18.0. The summed E-state index contributed by atoms with van der Waals surface area (Å²) in [6.07, 6.45) is 1.98. The van der Waals surface area contributed by atoms with Gasteiger partial charge >= 0.3 is 11.9 Å². The first-order valence-corrected chi connectivity index (χ1v) is 8.67. The van der Waals surface area contributed by atoms with E-state index < -0.39 is 11.9 Å². The van der Waals surface area contributed by atoms with Crippen molar-refractivity contribution in [1.29, 1.82) is 0 Å². The van der Waals surface area contributed by atoms with Gasteiger partial charge in [-0.3, -0.25) is 9.59 Å². The number of aryl methyl sites for hydroxylation is 4. The quantitative estimate of drug-likeness (QED) is 0.541. The molecule has 0 unspecified atom stereocenters. The molecule has 128 valence electrons. The maximum Gasteiger partial charge on any atom is 0.347 e. The second-order valence-electron chi connectivity index (χ2n) is 6.97. The molecule has 0 amide bonds. The number of fused-ring (bicyclic) bond motifs is 4. The van der Waals surface area contributed by atoms with Crippen LogP contribution in [0.1, 0.15) is 70.1 Å². The predicted octanol–water partition coefficient (Wildman–Crippen LogP) is 2.65. The number of Topliss-reactive ketones (excluding diaryl/α,β-unsaturated/α-hetero) is 2. The summed E-state index contributed by atoms with van der Waals surface area (Å²) in [4.78, 5) is 49.0. The topological polar surface area (TPSA) is 77.5 Å². The van der Waals surface area contributed by atoms with E-state index in [1.165, 1.54) is 0 Å². The van der Waals surface area contributed by atoms with E-state index in [2.05, 4.69) is 0 Å². The van der Waals surface area contributed by atoms with Gasteiger partial charge in [-0.1, -0.05) is 24.3 Å². The van der Waals surface area contributed by atoms with Gasteiger partial charge in [0.25, 0.3) is 0 Å².